The van der Waals surface area contributed by atoms with E-state index in [-0.39, 0.29) is 11.7 Å². The summed E-state index contributed by atoms with van der Waals surface area (Å²) < 4.78 is 6.01. The van der Waals surface area contributed by atoms with Crippen LogP contribution in [-0.4, -0.2) is 19.4 Å². The van der Waals surface area contributed by atoms with E-state index in [1.807, 2.05) is 25.1 Å². The molecule has 1 aromatic carbocycles. The van der Waals surface area contributed by atoms with Gasteiger partial charge in [-0.25, -0.2) is 0 Å². The Balaban J connectivity index is 2.75. The third-order valence-electron chi connectivity index (χ3n) is 2.83. The normalized spacial score (nSPS) is 12.2. The lowest BCUT2D eigenvalue weighted by atomic mass is 9.96. The minimum absolute atomic E-state index is 0.0316. The van der Waals surface area contributed by atoms with Crippen molar-refractivity contribution >= 4 is 21.7 Å². The second-order valence-electron chi connectivity index (χ2n) is 3.95. The number of ether oxygens (including phenoxy) is 1. The van der Waals surface area contributed by atoms with Crippen molar-refractivity contribution in [1.82, 2.24) is 0 Å². The lowest BCUT2D eigenvalue weighted by Crippen LogP contribution is -2.24. The molecule has 0 heterocycles. The highest BCUT2D eigenvalue weighted by atomic mass is 79.9. The maximum atomic E-state index is 11.9. The summed E-state index contributed by atoms with van der Waals surface area (Å²) in [5, 5.41) is 0. The van der Waals surface area contributed by atoms with E-state index in [9.17, 15) is 4.79 Å². The van der Waals surface area contributed by atoms with Crippen LogP contribution in [0, 0.1) is 5.92 Å². The Bertz CT molecular complexity index is 389. The molecule has 0 radical (unpaired) electrons. The van der Waals surface area contributed by atoms with E-state index in [1.165, 1.54) is 0 Å². The molecule has 4 heteroatoms. The van der Waals surface area contributed by atoms with E-state index in [4.69, 9.17) is 10.5 Å². The fourth-order valence-corrected chi connectivity index (χ4v) is 2.28. The second kappa shape index (κ2) is 6.77. The summed E-state index contributed by atoms with van der Waals surface area (Å²) in [5.74, 6) is 0.940. The standard InChI is InChI=1S/C13H18BrNO2/c1-3-10(8-15)12(16)7-9-4-5-13(17-2)11(14)6-9/h4-6,10H,3,7-8,15H2,1-2H3. The number of methoxy groups -OCH3 is 1. The zero-order valence-corrected chi connectivity index (χ0v) is 11.8. The van der Waals surface area contributed by atoms with Crippen molar-refractivity contribution in [2.75, 3.05) is 13.7 Å². The lowest BCUT2D eigenvalue weighted by molar-refractivity contribution is -0.122. The molecule has 1 rings (SSSR count). The van der Waals surface area contributed by atoms with Gasteiger partial charge in [0, 0.05) is 18.9 Å². The Kier molecular flexibility index (Phi) is 5.65. The summed E-state index contributed by atoms with van der Waals surface area (Å²) in [6.45, 7) is 2.41. The molecule has 0 aliphatic heterocycles. The third kappa shape index (κ3) is 3.82. The van der Waals surface area contributed by atoms with Gasteiger partial charge in [0.2, 0.25) is 0 Å². The molecular weight excluding hydrogens is 282 g/mol. The molecule has 1 aromatic rings. The van der Waals surface area contributed by atoms with Gasteiger partial charge in [-0.05, 0) is 40.0 Å². The Labute approximate surface area is 110 Å². The van der Waals surface area contributed by atoms with Crippen LogP contribution in [0.15, 0.2) is 22.7 Å². The monoisotopic (exact) mass is 299 g/mol. The number of Topliss-reactive ketones (excluding diaryl/α,β-unsaturated/α-hetero) is 1. The highest BCUT2D eigenvalue weighted by Crippen LogP contribution is 2.26. The van der Waals surface area contributed by atoms with Gasteiger partial charge in [-0.1, -0.05) is 13.0 Å². The van der Waals surface area contributed by atoms with E-state index in [2.05, 4.69) is 15.9 Å². The molecule has 3 nitrogen and oxygen atoms in total. The van der Waals surface area contributed by atoms with Crippen LogP contribution < -0.4 is 10.5 Å². The molecule has 17 heavy (non-hydrogen) atoms. The Morgan fingerprint density at radius 2 is 2.24 bits per heavy atom. The van der Waals surface area contributed by atoms with Crippen LogP contribution in [0.5, 0.6) is 5.75 Å². The molecule has 0 fully saturated rings. The van der Waals surface area contributed by atoms with Gasteiger partial charge in [0.25, 0.3) is 0 Å². The number of hydrogen-bond acceptors (Lipinski definition) is 3. The van der Waals surface area contributed by atoms with E-state index >= 15 is 0 Å². The van der Waals surface area contributed by atoms with Gasteiger partial charge in [-0.15, -0.1) is 0 Å². The van der Waals surface area contributed by atoms with Crippen molar-refractivity contribution in [2.45, 2.75) is 19.8 Å². The number of carbonyl (C=O) groups is 1. The number of nitrogens with two attached hydrogens (primary N) is 1. The zero-order valence-electron chi connectivity index (χ0n) is 10.2. The van der Waals surface area contributed by atoms with Crippen molar-refractivity contribution < 1.29 is 9.53 Å². The van der Waals surface area contributed by atoms with Crippen molar-refractivity contribution in [2.24, 2.45) is 11.7 Å². The minimum atomic E-state index is -0.0316. The fourth-order valence-electron chi connectivity index (χ4n) is 1.69. The second-order valence-corrected chi connectivity index (χ2v) is 4.81. The van der Waals surface area contributed by atoms with Crippen molar-refractivity contribution in [3.05, 3.63) is 28.2 Å². The smallest absolute Gasteiger partial charge is 0.141 e. The maximum absolute atomic E-state index is 11.9. The van der Waals surface area contributed by atoms with Gasteiger partial charge in [-0.3, -0.25) is 4.79 Å². The summed E-state index contributed by atoms with van der Waals surface area (Å²) in [5.41, 5.74) is 6.54. The summed E-state index contributed by atoms with van der Waals surface area (Å²) in [7, 11) is 1.62. The lowest BCUT2D eigenvalue weighted by Gasteiger charge is -2.11. The Hall–Kier alpha value is -0.870. The molecule has 0 amide bonds. The third-order valence-corrected chi connectivity index (χ3v) is 3.45. The topological polar surface area (TPSA) is 52.3 Å². The van der Waals surface area contributed by atoms with Crippen LogP contribution in [-0.2, 0) is 11.2 Å². The number of hydrogen-bond donors (Lipinski definition) is 1. The Morgan fingerprint density at radius 1 is 1.53 bits per heavy atom. The van der Waals surface area contributed by atoms with Crippen molar-refractivity contribution in [3.63, 3.8) is 0 Å². The van der Waals surface area contributed by atoms with Crippen LogP contribution in [0.25, 0.3) is 0 Å². The highest BCUT2D eigenvalue weighted by molar-refractivity contribution is 9.10. The molecule has 1 atom stereocenters. The molecule has 0 saturated carbocycles. The zero-order chi connectivity index (χ0) is 12.8. The molecule has 0 aliphatic rings. The number of rotatable bonds is 6. The number of ketones is 1. The van der Waals surface area contributed by atoms with E-state index in [0.29, 0.717) is 13.0 Å². The summed E-state index contributed by atoms with van der Waals surface area (Å²) >= 11 is 3.41. The fraction of sp³-hybridized carbons (Fsp3) is 0.462. The molecule has 0 aliphatic carbocycles. The van der Waals surface area contributed by atoms with Gasteiger partial charge in [0.1, 0.15) is 11.5 Å². The van der Waals surface area contributed by atoms with Gasteiger partial charge in [0.05, 0.1) is 11.6 Å². The van der Waals surface area contributed by atoms with E-state index in [1.54, 1.807) is 7.11 Å². The first-order chi connectivity index (χ1) is 8.12. The quantitative estimate of drug-likeness (QED) is 0.878. The number of halogens is 1. The SMILES string of the molecule is CCC(CN)C(=O)Cc1ccc(OC)c(Br)c1. The van der Waals surface area contributed by atoms with Crippen LogP contribution in [0.2, 0.25) is 0 Å². The van der Waals surface area contributed by atoms with E-state index in [0.717, 1.165) is 22.2 Å². The molecular formula is C13H18BrNO2. The minimum Gasteiger partial charge on any atom is -0.496 e. The van der Waals surface area contributed by atoms with Crippen molar-refractivity contribution in [3.8, 4) is 5.75 Å². The molecule has 0 aromatic heterocycles. The number of benzene rings is 1. The van der Waals surface area contributed by atoms with Crippen LogP contribution in [0.4, 0.5) is 0 Å². The summed E-state index contributed by atoms with van der Waals surface area (Å²) in [6.07, 6.45) is 1.23. The summed E-state index contributed by atoms with van der Waals surface area (Å²) in [6, 6.07) is 5.68. The highest BCUT2D eigenvalue weighted by Gasteiger charge is 2.15. The molecule has 94 valence electrons. The predicted octanol–water partition coefficient (Wildman–Crippen LogP) is 2.55. The molecule has 0 spiro atoms. The Morgan fingerprint density at radius 3 is 2.71 bits per heavy atom. The average Bonchev–Trinajstić information content (AvgIpc) is 2.31. The molecule has 1 unspecified atom stereocenters. The van der Waals surface area contributed by atoms with Gasteiger partial charge < -0.3 is 10.5 Å². The first-order valence-corrected chi connectivity index (χ1v) is 6.46. The van der Waals surface area contributed by atoms with Crippen molar-refractivity contribution in [1.29, 1.82) is 0 Å². The number of carbonyl (C=O) groups excluding carboxylic acids is 1. The first-order valence-electron chi connectivity index (χ1n) is 5.67. The molecule has 2 N–H and O–H groups in total. The van der Waals surface area contributed by atoms with Gasteiger partial charge in [0.15, 0.2) is 0 Å². The molecule has 0 bridgehead atoms. The van der Waals surface area contributed by atoms with Crippen LogP contribution in [0.3, 0.4) is 0 Å². The van der Waals surface area contributed by atoms with Gasteiger partial charge >= 0.3 is 0 Å². The van der Waals surface area contributed by atoms with Crippen LogP contribution in [0.1, 0.15) is 18.9 Å². The maximum Gasteiger partial charge on any atom is 0.141 e. The average molecular weight is 300 g/mol. The first kappa shape index (κ1) is 14.2. The predicted molar refractivity (Wildman–Crippen MR) is 72.2 cm³/mol. The molecule has 0 saturated heterocycles. The summed E-state index contributed by atoms with van der Waals surface area (Å²) in [4.78, 5) is 11.9. The van der Waals surface area contributed by atoms with Gasteiger partial charge in [-0.2, -0.15) is 0 Å². The largest absolute Gasteiger partial charge is 0.496 e. The van der Waals surface area contributed by atoms with E-state index < -0.39 is 0 Å². The van der Waals surface area contributed by atoms with Crippen LogP contribution >= 0.6 is 15.9 Å².